The van der Waals surface area contributed by atoms with Crippen LogP contribution >= 0.6 is 0 Å². The SMILES string of the molecule is Cc1cc2cc(C(=O)N3CCCC3c3ccnc(=O)[nH]3)ccc2o1. The summed E-state index contributed by atoms with van der Waals surface area (Å²) in [6.45, 7) is 2.56. The molecule has 1 saturated heterocycles. The van der Waals surface area contributed by atoms with E-state index in [9.17, 15) is 9.59 Å². The number of hydrogen-bond acceptors (Lipinski definition) is 4. The van der Waals surface area contributed by atoms with Gasteiger partial charge < -0.3 is 14.3 Å². The zero-order chi connectivity index (χ0) is 16.7. The monoisotopic (exact) mass is 323 g/mol. The predicted molar refractivity (Wildman–Crippen MR) is 88.8 cm³/mol. The summed E-state index contributed by atoms with van der Waals surface area (Å²) in [5, 5.41) is 0.923. The van der Waals surface area contributed by atoms with Crippen LogP contribution in [0.2, 0.25) is 0 Å². The molecule has 0 saturated carbocycles. The maximum atomic E-state index is 13.0. The summed E-state index contributed by atoms with van der Waals surface area (Å²) in [5.74, 6) is 0.791. The number of nitrogens with one attached hydrogen (secondary N) is 1. The van der Waals surface area contributed by atoms with Crippen LogP contribution in [0.25, 0.3) is 11.0 Å². The molecule has 1 aliphatic rings. The Kier molecular flexibility index (Phi) is 3.45. The fraction of sp³-hybridized carbons (Fsp3) is 0.278. The second-order valence-electron chi connectivity index (χ2n) is 6.10. The molecular weight excluding hydrogens is 306 g/mol. The highest BCUT2D eigenvalue weighted by Crippen LogP contribution is 2.32. The van der Waals surface area contributed by atoms with Crippen molar-refractivity contribution in [3.8, 4) is 0 Å². The number of nitrogens with zero attached hydrogens (tertiary/aromatic N) is 2. The first kappa shape index (κ1) is 14.7. The van der Waals surface area contributed by atoms with E-state index in [1.54, 1.807) is 12.1 Å². The Balaban J connectivity index is 1.67. The number of benzene rings is 1. The zero-order valence-electron chi connectivity index (χ0n) is 13.3. The molecule has 1 unspecified atom stereocenters. The number of amides is 1. The number of rotatable bonds is 2. The highest BCUT2D eigenvalue weighted by molar-refractivity contribution is 5.98. The summed E-state index contributed by atoms with van der Waals surface area (Å²) in [5.41, 5.74) is 1.76. The van der Waals surface area contributed by atoms with Gasteiger partial charge in [0.05, 0.1) is 6.04 Å². The molecule has 6 heteroatoms. The Morgan fingerprint density at radius 2 is 2.21 bits per heavy atom. The van der Waals surface area contributed by atoms with Crippen LogP contribution in [-0.2, 0) is 0 Å². The van der Waals surface area contributed by atoms with Crippen LogP contribution in [0.3, 0.4) is 0 Å². The number of H-pyrrole nitrogens is 1. The first-order valence-electron chi connectivity index (χ1n) is 7.98. The van der Waals surface area contributed by atoms with Gasteiger partial charge in [0.25, 0.3) is 5.91 Å². The lowest BCUT2D eigenvalue weighted by Crippen LogP contribution is -2.31. The van der Waals surface area contributed by atoms with Crippen LogP contribution in [0.15, 0.2) is 45.7 Å². The number of carbonyl (C=O) groups is 1. The van der Waals surface area contributed by atoms with E-state index in [0.717, 1.165) is 35.3 Å². The molecule has 2 aromatic heterocycles. The van der Waals surface area contributed by atoms with Gasteiger partial charge in [-0.05, 0) is 50.1 Å². The third kappa shape index (κ3) is 2.50. The van der Waals surface area contributed by atoms with Crippen molar-refractivity contribution in [2.24, 2.45) is 0 Å². The fourth-order valence-corrected chi connectivity index (χ4v) is 3.39. The van der Waals surface area contributed by atoms with Crippen molar-refractivity contribution in [1.29, 1.82) is 0 Å². The van der Waals surface area contributed by atoms with Gasteiger partial charge in [0.2, 0.25) is 0 Å². The third-order valence-corrected chi connectivity index (χ3v) is 4.46. The van der Waals surface area contributed by atoms with Gasteiger partial charge in [-0.15, -0.1) is 0 Å². The lowest BCUT2D eigenvalue weighted by molar-refractivity contribution is 0.0733. The summed E-state index contributed by atoms with van der Waals surface area (Å²) in [7, 11) is 0. The number of fused-ring (bicyclic) bond motifs is 1. The average Bonchev–Trinajstić information content (AvgIpc) is 3.18. The lowest BCUT2D eigenvalue weighted by atomic mass is 10.1. The van der Waals surface area contributed by atoms with Gasteiger partial charge in [0.1, 0.15) is 11.3 Å². The standard InChI is InChI=1S/C18H17N3O3/c1-11-9-13-10-12(4-5-16(13)24-11)17(22)21-8-2-3-15(21)14-6-7-19-18(23)20-14/h4-7,9-10,15H,2-3,8H2,1H3,(H,19,20,23). The summed E-state index contributed by atoms with van der Waals surface area (Å²) >= 11 is 0. The van der Waals surface area contributed by atoms with Crippen molar-refractivity contribution >= 4 is 16.9 Å². The molecule has 1 amide bonds. The van der Waals surface area contributed by atoms with Crippen LogP contribution in [0.5, 0.6) is 0 Å². The molecule has 6 nitrogen and oxygen atoms in total. The Hall–Kier alpha value is -2.89. The highest BCUT2D eigenvalue weighted by Gasteiger charge is 2.31. The topological polar surface area (TPSA) is 79.2 Å². The van der Waals surface area contributed by atoms with Gasteiger partial charge in [0, 0.05) is 29.4 Å². The molecule has 0 radical (unpaired) electrons. The van der Waals surface area contributed by atoms with Crippen LogP contribution in [0, 0.1) is 6.92 Å². The van der Waals surface area contributed by atoms with Gasteiger partial charge in [-0.2, -0.15) is 0 Å². The Bertz CT molecular complexity index is 973. The minimum atomic E-state index is -0.387. The van der Waals surface area contributed by atoms with Crippen molar-refractivity contribution in [2.45, 2.75) is 25.8 Å². The summed E-state index contributed by atoms with van der Waals surface area (Å²) in [6, 6.07) is 9.05. The van der Waals surface area contributed by atoms with Crippen molar-refractivity contribution in [3.05, 3.63) is 64.0 Å². The van der Waals surface area contributed by atoms with Crippen LogP contribution < -0.4 is 5.69 Å². The Morgan fingerprint density at radius 3 is 3.04 bits per heavy atom. The van der Waals surface area contributed by atoms with Gasteiger partial charge >= 0.3 is 5.69 Å². The average molecular weight is 323 g/mol. The van der Waals surface area contributed by atoms with Crippen LogP contribution in [0.1, 0.15) is 40.7 Å². The zero-order valence-corrected chi connectivity index (χ0v) is 13.3. The van der Waals surface area contributed by atoms with Crippen molar-refractivity contribution in [2.75, 3.05) is 6.54 Å². The smallest absolute Gasteiger partial charge is 0.345 e. The third-order valence-electron chi connectivity index (χ3n) is 4.46. The number of likely N-dealkylation sites (tertiary alicyclic amines) is 1. The van der Waals surface area contributed by atoms with E-state index in [1.165, 1.54) is 6.20 Å². The molecule has 1 N–H and O–H groups in total. The number of carbonyl (C=O) groups excluding carboxylic acids is 1. The maximum Gasteiger partial charge on any atom is 0.345 e. The van der Waals surface area contributed by atoms with E-state index in [1.807, 2.05) is 30.0 Å². The van der Waals surface area contributed by atoms with Crippen molar-refractivity contribution < 1.29 is 9.21 Å². The number of aryl methyl sites for hydroxylation is 1. The van der Waals surface area contributed by atoms with E-state index < -0.39 is 0 Å². The minimum Gasteiger partial charge on any atom is -0.461 e. The molecule has 0 aliphatic carbocycles. The maximum absolute atomic E-state index is 13.0. The molecule has 122 valence electrons. The van der Waals surface area contributed by atoms with E-state index in [4.69, 9.17) is 4.42 Å². The normalized spacial score (nSPS) is 17.5. The molecule has 3 heterocycles. The second-order valence-corrected chi connectivity index (χ2v) is 6.10. The molecule has 1 aliphatic heterocycles. The minimum absolute atomic E-state index is 0.0316. The van der Waals surface area contributed by atoms with Crippen molar-refractivity contribution in [3.63, 3.8) is 0 Å². The molecular formula is C18H17N3O3. The van der Waals surface area contributed by atoms with Gasteiger partial charge in [-0.1, -0.05) is 0 Å². The van der Waals surface area contributed by atoms with E-state index >= 15 is 0 Å². The molecule has 1 fully saturated rings. The molecule has 1 atom stereocenters. The molecule has 0 spiro atoms. The second kappa shape index (κ2) is 5.63. The molecule has 24 heavy (non-hydrogen) atoms. The Morgan fingerprint density at radius 1 is 1.33 bits per heavy atom. The molecule has 3 aromatic rings. The fourth-order valence-electron chi connectivity index (χ4n) is 3.39. The highest BCUT2D eigenvalue weighted by atomic mass is 16.3. The Labute approximate surface area is 138 Å². The number of hydrogen-bond donors (Lipinski definition) is 1. The summed E-state index contributed by atoms with van der Waals surface area (Å²) < 4.78 is 5.56. The molecule has 1 aromatic carbocycles. The quantitative estimate of drug-likeness (QED) is 0.786. The van der Waals surface area contributed by atoms with E-state index in [0.29, 0.717) is 12.1 Å². The largest absolute Gasteiger partial charge is 0.461 e. The number of aromatic nitrogens is 2. The number of aromatic amines is 1. The predicted octanol–water partition coefficient (Wildman–Crippen LogP) is 2.80. The van der Waals surface area contributed by atoms with Crippen LogP contribution in [0.4, 0.5) is 0 Å². The van der Waals surface area contributed by atoms with Gasteiger partial charge in [-0.25, -0.2) is 9.78 Å². The van der Waals surface area contributed by atoms with E-state index in [2.05, 4.69) is 9.97 Å². The molecule has 4 rings (SSSR count). The summed E-state index contributed by atoms with van der Waals surface area (Å²) in [6.07, 6.45) is 3.22. The van der Waals surface area contributed by atoms with Crippen molar-refractivity contribution in [1.82, 2.24) is 14.9 Å². The molecule has 0 bridgehead atoms. The summed E-state index contributed by atoms with van der Waals surface area (Å²) in [4.78, 5) is 32.6. The van der Waals surface area contributed by atoms with Gasteiger partial charge in [-0.3, -0.25) is 4.79 Å². The lowest BCUT2D eigenvalue weighted by Gasteiger charge is -2.24. The first-order valence-corrected chi connectivity index (χ1v) is 7.98. The van der Waals surface area contributed by atoms with E-state index in [-0.39, 0.29) is 17.6 Å². The first-order chi connectivity index (χ1) is 11.6. The van der Waals surface area contributed by atoms with Gasteiger partial charge in [0.15, 0.2) is 0 Å². The van der Waals surface area contributed by atoms with Crippen LogP contribution in [-0.4, -0.2) is 27.3 Å². The number of furan rings is 1.